The smallest absolute Gasteiger partial charge is 0.147 e. The Balaban J connectivity index is 2.18. The van der Waals surface area contributed by atoms with E-state index in [1.54, 1.807) is 24.9 Å². The highest BCUT2D eigenvalue weighted by atomic mass is 35.5. The molecular weight excluding hydrogens is 352 g/mol. The third kappa shape index (κ3) is 3.63. The van der Waals surface area contributed by atoms with Gasteiger partial charge in [-0.3, -0.25) is 0 Å². The minimum Gasteiger partial charge on any atom is -0.497 e. The van der Waals surface area contributed by atoms with Crippen molar-refractivity contribution in [1.82, 2.24) is 4.98 Å². The number of benzene rings is 2. The zero-order valence-corrected chi connectivity index (χ0v) is 15.4. The number of pyridine rings is 1. The summed E-state index contributed by atoms with van der Waals surface area (Å²) in [6, 6.07) is 19.7. The normalized spacial score (nSPS) is 10.3. The second kappa shape index (κ2) is 7.60. The van der Waals surface area contributed by atoms with Crippen LogP contribution in [0.4, 0.5) is 0 Å². The van der Waals surface area contributed by atoms with E-state index >= 15 is 0 Å². The molecule has 0 amide bonds. The highest BCUT2D eigenvalue weighted by Gasteiger charge is 2.14. The summed E-state index contributed by atoms with van der Waals surface area (Å²) in [5.74, 6) is 0.773. The van der Waals surface area contributed by atoms with Crippen LogP contribution in [-0.4, -0.2) is 18.3 Å². The largest absolute Gasteiger partial charge is 0.497 e. The maximum absolute atomic E-state index is 9.31. The van der Waals surface area contributed by atoms with Crippen molar-refractivity contribution in [2.75, 3.05) is 13.4 Å². The fourth-order valence-corrected chi connectivity index (χ4v) is 3.12. The summed E-state index contributed by atoms with van der Waals surface area (Å²) in [6.45, 7) is 0. The number of nitriles is 1. The molecule has 0 fully saturated rings. The van der Waals surface area contributed by atoms with Crippen LogP contribution in [0.3, 0.4) is 0 Å². The summed E-state index contributed by atoms with van der Waals surface area (Å²) in [6.07, 6.45) is 2.04. The summed E-state index contributed by atoms with van der Waals surface area (Å²) in [4.78, 5) is 5.66. The predicted molar refractivity (Wildman–Crippen MR) is 103 cm³/mol. The quantitative estimate of drug-likeness (QED) is 0.440. The topological polar surface area (TPSA) is 45.9 Å². The van der Waals surface area contributed by atoms with Gasteiger partial charge in [0.25, 0.3) is 0 Å². The molecule has 124 valence electrons. The van der Waals surface area contributed by atoms with Gasteiger partial charge < -0.3 is 4.74 Å². The molecule has 0 atom stereocenters. The van der Waals surface area contributed by atoms with Crippen molar-refractivity contribution in [3.8, 4) is 34.2 Å². The number of rotatable bonds is 4. The Morgan fingerprint density at radius 1 is 1.04 bits per heavy atom. The van der Waals surface area contributed by atoms with Crippen LogP contribution in [0.25, 0.3) is 22.4 Å². The lowest BCUT2D eigenvalue weighted by Crippen LogP contribution is -1.94. The zero-order chi connectivity index (χ0) is 17.8. The first-order valence-corrected chi connectivity index (χ1v) is 9.16. The van der Waals surface area contributed by atoms with Gasteiger partial charge in [-0.15, -0.1) is 11.8 Å². The first-order chi connectivity index (χ1) is 12.2. The summed E-state index contributed by atoms with van der Waals surface area (Å²) >= 11 is 7.87. The fourth-order valence-electron chi connectivity index (χ4n) is 2.53. The van der Waals surface area contributed by atoms with E-state index in [0.717, 1.165) is 28.1 Å². The summed E-state index contributed by atoms with van der Waals surface area (Å²) < 4.78 is 5.21. The van der Waals surface area contributed by atoms with E-state index < -0.39 is 0 Å². The first kappa shape index (κ1) is 17.3. The van der Waals surface area contributed by atoms with Gasteiger partial charge in [0.1, 0.15) is 17.0 Å². The number of thioether (sulfide) groups is 1. The van der Waals surface area contributed by atoms with Gasteiger partial charge in [0, 0.05) is 16.0 Å². The molecule has 1 heterocycles. The monoisotopic (exact) mass is 366 g/mol. The minimum atomic E-state index is 0.206. The van der Waals surface area contributed by atoms with Gasteiger partial charge >= 0.3 is 0 Å². The Labute approximate surface area is 156 Å². The van der Waals surface area contributed by atoms with E-state index in [9.17, 15) is 5.26 Å². The van der Waals surface area contributed by atoms with E-state index in [-0.39, 0.29) is 5.15 Å². The lowest BCUT2D eigenvalue weighted by molar-refractivity contribution is 0.415. The molecule has 0 unspecified atom stereocenters. The van der Waals surface area contributed by atoms with E-state index in [4.69, 9.17) is 16.3 Å². The Hall–Kier alpha value is -2.48. The van der Waals surface area contributed by atoms with Crippen molar-refractivity contribution in [3.05, 3.63) is 65.3 Å². The number of hydrogen-bond acceptors (Lipinski definition) is 4. The van der Waals surface area contributed by atoms with Crippen LogP contribution < -0.4 is 4.74 Å². The SMILES string of the molecule is COc1ccc(-c2nc(Cl)c(C#N)cc2-c2ccc(SC)cc2)cc1. The van der Waals surface area contributed by atoms with E-state index in [0.29, 0.717) is 5.56 Å². The average molecular weight is 367 g/mol. The maximum atomic E-state index is 9.31. The molecule has 0 saturated heterocycles. The Morgan fingerprint density at radius 2 is 1.68 bits per heavy atom. The zero-order valence-electron chi connectivity index (χ0n) is 13.8. The van der Waals surface area contributed by atoms with Crippen molar-refractivity contribution >= 4 is 23.4 Å². The Bertz CT molecular complexity index is 932. The van der Waals surface area contributed by atoms with Gasteiger partial charge in [0.2, 0.25) is 0 Å². The lowest BCUT2D eigenvalue weighted by atomic mass is 9.98. The van der Waals surface area contributed by atoms with Crippen molar-refractivity contribution in [3.63, 3.8) is 0 Å². The van der Waals surface area contributed by atoms with Crippen LogP contribution in [0.5, 0.6) is 5.75 Å². The van der Waals surface area contributed by atoms with Crippen molar-refractivity contribution in [2.45, 2.75) is 4.90 Å². The van der Waals surface area contributed by atoms with Crippen LogP contribution in [0.1, 0.15) is 5.56 Å². The first-order valence-electron chi connectivity index (χ1n) is 7.55. The molecule has 5 heteroatoms. The minimum absolute atomic E-state index is 0.206. The molecule has 0 aliphatic carbocycles. The number of halogens is 1. The van der Waals surface area contributed by atoms with Gasteiger partial charge in [-0.25, -0.2) is 4.98 Å². The second-order valence-electron chi connectivity index (χ2n) is 5.29. The highest BCUT2D eigenvalue weighted by molar-refractivity contribution is 7.98. The number of hydrogen-bond donors (Lipinski definition) is 0. The third-order valence-electron chi connectivity index (χ3n) is 3.86. The summed E-state index contributed by atoms with van der Waals surface area (Å²) in [5.41, 5.74) is 3.88. The second-order valence-corrected chi connectivity index (χ2v) is 6.53. The third-order valence-corrected chi connectivity index (χ3v) is 4.89. The molecule has 0 N–H and O–H groups in total. The van der Waals surface area contributed by atoms with Crippen molar-refractivity contribution in [1.29, 1.82) is 5.26 Å². The average Bonchev–Trinajstić information content (AvgIpc) is 2.68. The lowest BCUT2D eigenvalue weighted by Gasteiger charge is -2.12. The molecule has 0 radical (unpaired) electrons. The van der Waals surface area contributed by atoms with Crippen LogP contribution >= 0.6 is 23.4 Å². The Kier molecular flexibility index (Phi) is 5.28. The molecule has 0 aliphatic heterocycles. The van der Waals surface area contributed by atoms with E-state index in [2.05, 4.69) is 23.2 Å². The molecule has 0 bridgehead atoms. The molecule has 3 nitrogen and oxygen atoms in total. The van der Waals surface area contributed by atoms with Crippen LogP contribution in [0.15, 0.2) is 59.5 Å². The molecule has 3 rings (SSSR count). The molecule has 0 saturated carbocycles. The van der Waals surface area contributed by atoms with Gasteiger partial charge in [-0.2, -0.15) is 5.26 Å². The predicted octanol–water partition coefficient (Wildman–Crippen LogP) is 5.67. The number of nitrogens with zero attached hydrogens (tertiary/aromatic N) is 2. The van der Waals surface area contributed by atoms with Gasteiger partial charge in [0.05, 0.1) is 18.4 Å². The summed E-state index contributed by atoms with van der Waals surface area (Å²) in [7, 11) is 1.63. The number of methoxy groups -OCH3 is 1. The van der Waals surface area contributed by atoms with Crippen LogP contribution in [-0.2, 0) is 0 Å². The fraction of sp³-hybridized carbons (Fsp3) is 0.100. The molecule has 3 aromatic rings. The van der Waals surface area contributed by atoms with Crippen molar-refractivity contribution in [2.24, 2.45) is 0 Å². The maximum Gasteiger partial charge on any atom is 0.147 e. The van der Waals surface area contributed by atoms with Crippen molar-refractivity contribution < 1.29 is 4.74 Å². The van der Waals surface area contributed by atoms with E-state index in [1.807, 2.05) is 42.7 Å². The van der Waals surface area contributed by atoms with Crippen LogP contribution in [0.2, 0.25) is 5.15 Å². The molecule has 0 spiro atoms. The molecule has 0 aliphatic rings. The molecule has 25 heavy (non-hydrogen) atoms. The molecular formula is C20H15ClN2OS. The number of ether oxygens (including phenoxy) is 1. The van der Waals surface area contributed by atoms with Gasteiger partial charge in [-0.05, 0) is 54.3 Å². The standard InChI is InChI=1S/C20H15ClN2OS/c1-24-16-7-3-14(4-8-16)19-18(11-15(12-22)20(21)23-19)13-5-9-17(25-2)10-6-13/h3-11H,1-2H3. The van der Waals surface area contributed by atoms with Crippen LogP contribution in [0, 0.1) is 11.3 Å². The highest BCUT2D eigenvalue weighted by Crippen LogP contribution is 2.35. The number of aromatic nitrogens is 1. The molecule has 1 aromatic heterocycles. The van der Waals surface area contributed by atoms with Gasteiger partial charge in [0.15, 0.2) is 0 Å². The Morgan fingerprint density at radius 3 is 2.24 bits per heavy atom. The van der Waals surface area contributed by atoms with Gasteiger partial charge in [-0.1, -0.05) is 23.7 Å². The molecule has 2 aromatic carbocycles. The van der Waals surface area contributed by atoms with E-state index in [1.165, 1.54) is 4.90 Å². The summed E-state index contributed by atoms with van der Waals surface area (Å²) in [5, 5.41) is 9.51.